The molecule has 14 heavy (non-hydrogen) atoms. The van der Waals surface area contributed by atoms with E-state index < -0.39 is 0 Å². The molecule has 0 radical (unpaired) electrons. The lowest BCUT2D eigenvalue weighted by Gasteiger charge is -2.23. The molecule has 0 heterocycles. The minimum Gasteiger partial charge on any atom is -0.314 e. The van der Waals surface area contributed by atoms with Gasteiger partial charge in [0.15, 0.2) is 0 Å². The first kappa shape index (κ1) is 9.66. The maximum atomic E-state index is 12.7. The average Bonchev–Trinajstić information content (AvgIpc) is 2.99. The smallest absolute Gasteiger partial charge is 0.123 e. The summed E-state index contributed by atoms with van der Waals surface area (Å²) in [5.41, 5.74) is 1.50. The molecular formula is C12H16FN. The van der Waals surface area contributed by atoms with Crippen LogP contribution in [0.2, 0.25) is 0 Å². The average molecular weight is 193 g/mol. The molecule has 1 unspecified atom stereocenters. The number of hydrogen-bond acceptors (Lipinski definition) is 1. The lowest BCUT2D eigenvalue weighted by Crippen LogP contribution is -2.32. The van der Waals surface area contributed by atoms with E-state index >= 15 is 0 Å². The zero-order chi connectivity index (χ0) is 10.2. The van der Waals surface area contributed by atoms with Crippen LogP contribution in [0.25, 0.3) is 0 Å². The zero-order valence-electron chi connectivity index (χ0n) is 8.68. The second-order valence-electron chi connectivity index (χ2n) is 4.18. The summed E-state index contributed by atoms with van der Waals surface area (Å²) in [7, 11) is 2.01. The molecule has 0 spiro atoms. The van der Waals surface area contributed by atoms with E-state index in [9.17, 15) is 4.39 Å². The lowest BCUT2D eigenvalue weighted by atomic mass is 9.91. The van der Waals surface area contributed by atoms with Crippen molar-refractivity contribution >= 4 is 0 Å². The van der Waals surface area contributed by atoms with Crippen molar-refractivity contribution in [1.82, 2.24) is 5.32 Å². The van der Waals surface area contributed by atoms with Crippen molar-refractivity contribution in [2.24, 2.45) is 0 Å². The first-order chi connectivity index (χ1) is 6.68. The van der Waals surface area contributed by atoms with E-state index in [0.29, 0.717) is 5.92 Å². The first-order valence-electron chi connectivity index (χ1n) is 5.12. The summed E-state index contributed by atoms with van der Waals surface area (Å²) >= 11 is 0. The second-order valence-corrected chi connectivity index (χ2v) is 4.18. The Morgan fingerprint density at radius 1 is 1.29 bits per heavy atom. The van der Waals surface area contributed by atoms with Crippen molar-refractivity contribution in [2.45, 2.75) is 31.2 Å². The van der Waals surface area contributed by atoms with Crippen molar-refractivity contribution in [3.05, 3.63) is 35.6 Å². The summed E-state index contributed by atoms with van der Waals surface area (Å²) < 4.78 is 12.7. The predicted octanol–water partition coefficient (Wildman–Crippen LogP) is 2.68. The molecule has 0 amide bonds. The Morgan fingerprint density at radius 3 is 2.29 bits per heavy atom. The number of rotatable bonds is 3. The third-order valence-corrected chi connectivity index (χ3v) is 3.49. The molecule has 1 fully saturated rings. The van der Waals surface area contributed by atoms with Gasteiger partial charge < -0.3 is 5.32 Å². The Bertz CT molecular complexity index is 314. The van der Waals surface area contributed by atoms with Crippen LogP contribution in [-0.4, -0.2) is 12.6 Å². The summed E-state index contributed by atoms with van der Waals surface area (Å²) in [5, 5.41) is 3.37. The summed E-state index contributed by atoms with van der Waals surface area (Å²) in [4.78, 5) is 0. The molecular weight excluding hydrogens is 177 g/mol. The van der Waals surface area contributed by atoms with Gasteiger partial charge in [-0.2, -0.15) is 0 Å². The van der Waals surface area contributed by atoms with Gasteiger partial charge in [-0.05, 0) is 43.5 Å². The molecule has 1 aromatic carbocycles. The quantitative estimate of drug-likeness (QED) is 0.778. The van der Waals surface area contributed by atoms with Crippen LogP contribution in [0.15, 0.2) is 24.3 Å². The first-order valence-corrected chi connectivity index (χ1v) is 5.12. The Labute approximate surface area is 84.3 Å². The maximum Gasteiger partial charge on any atom is 0.123 e. The molecule has 0 bridgehead atoms. The number of halogens is 1. The predicted molar refractivity (Wildman–Crippen MR) is 55.8 cm³/mol. The molecule has 1 N–H and O–H groups in total. The molecule has 2 heteroatoms. The van der Waals surface area contributed by atoms with E-state index in [0.717, 1.165) is 0 Å². The van der Waals surface area contributed by atoms with Crippen LogP contribution >= 0.6 is 0 Å². The molecule has 1 aliphatic carbocycles. The van der Waals surface area contributed by atoms with Gasteiger partial charge in [-0.25, -0.2) is 4.39 Å². The molecule has 2 rings (SSSR count). The van der Waals surface area contributed by atoms with Gasteiger partial charge in [0.05, 0.1) is 0 Å². The maximum absolute atomic E-state index is 12.7. The van der Waals surface area contributed by atoms with Crippen molar-refractivity contribution < 1.29 is 4.39 Å². The molecule has 1 saturated carbocycles. The minimum atomic E-state index is -0.157. The van der Waals surface area contributed by atoms with E-state index in [2.05, 4.69) is 12.2 Å². The molecule has 1 aromatic rings. The van der Waals surface area contributed by atoms with Crippen LogP contribution in [0, 0.1) is 5.82 Å². The van der Waals surface area contributed by atoms with E-state index in [1.165, 1.54) is 30.5 Å². The summed E-state index contributed by atoms with van der Waals surface area (Å²) in [6.07, 6.45) is 2.45. The van der Waals surface area contributed by atoms with Crippen LogP contribution in [-0.2, 0) is 0 Å². The molecule has 1 nitrogen and oxygen atoms in total. The monoisotopic (exact) mass is 193 g/mol. The van der Waals surface area contributed by atoms with E-state index in [1.54, 1.807) is 0 Å². The minimum absolute atomic E-state index is 0.157. The summed E-state index contributed by atoms with van der Waals surface area (Å²) in [6, 6.07) is 6.85. The van der Waals surface area contributed by atoms with Gasteiger partial charge in [-0.15, -0.1) is 0 Å². The van der Waals surface area contributed by atoms with Gasteiger partial charge >= 0.3 is 0 Å². The van der Waals surface area contributed by atoms with Crippen molar-refractivity contribution in [3.8, 4) is 0 Å². The highest BCUT2D eigenvalue weighted by molar-refractivity contribution is 5.27. The topological polar surface area (TPSA) is 12.0 Å². The van der Waals surface area contributed by atoms with Gasteiger partial charge in [0.25, 0.3) is 0 Å². The second kappa shape index (κ2) is 3.35. The van der Waals surface area contributed by atoms with Crippen molar-refractivity contribution in [2.75, 3.05) is 7.05 Å². The Hall–Kier alpha value is -0.890. The number of likely N-dealkylation sites (N-methyl/N-ethyl adjacent to an activating group) is 1. The zero-order valence-corrected chi connectivity index (χ0v) is 8.68. The van der Waals surface area contributed by atoms with E-state index in [4.69, 9.17) is 0 Å². The van der Waals surface area contributed by atoms with Crippen LogP contribution in [0.4, 0.5) is 4.39 Å². The molecule has 0 aromatic heterocycles. The van der Waals surface area contributed by atoms with E-state index in [1.807, 2.05) is 19.2 Å². The van der Waals surface area contributed by atoms with Gasteiger partial charge in [0.1, 0.15) is 5.82 Å². The molecule has 0 aliphatic heterocycles. The lowest BCUT2D eigenvalue weighted by molar-refractivity contribution is 0.469. The molecule has 1 atom stereocenters. The SMILES string of the molecule is CNC1(C(C)c2ccc(F)cc2)CC1. The van der Waals surface area contributed by atoms with Crippen LogP contribution in [0.1, 0.15) is 31.2 Å². The Kier molecular flexibility index (Phi) is 2.31. The van der Waals surface area contributed by atoms with E-state index in [-0.39, 0.29) is 11.4 Å². The van der Waals surface area contributed by atoms with Crippen molar-refractivity contribution in [1.29, 1.82) is 0 Å². The fourth-order valence-corrected chi connectivity index (χ4v) is 2.10. The summed E-state index contributed by atoms with van der Waals surface area (Å²) in [6.45, 7) is 2.21. The normalized spacial score (nSPS) is 20.5. The number of benzene rings is 1. The molecule has 0 saturated heterocycles. The Balaban J connectivity index is 2.19. The van der Waals surface area contributed by atoms with Crippen LogP contribution in [0.5, 0.6) is 0 Å². The van der Waals surface area contributed by atoms with Crippen LogP contribution in [0.3, 0.4) is 0 Å². The standard InChI is InChI=1S/C12H16FN/c1-9(12(14-2)7-8-12)10-3-5-11(13)6-4-10/h3-6,9,14H,7-8H2,1-2H3. The van der Waals surface area contributed by atoms with Gasteiger partial charge in [-0.1, -0.05) is 19.1 Å². The van der Waals surface area contributed by atoms with Gasteiger partial charge in [0, 0.05) is 5.54 Å². The molecule has 1 aliphatic rings. The largest absolute Gasteiger partial charge is 0.314 e. The fraction of sp³-hybridized carbons (Fsp3) is 0.500. The molecule has 76 valence electrons. The number of hydrogen-bond donors (Lipinski definition) is 1. The highest BCUT2D eigenvalue weighted by atomic mass is 19.1. The highest BCUT2D eigenvalue weighted by Gasteiger charge is 2.46. The van der Waals surface area contributed by atoms with Gasteiger partial charge in [-0.3, -0.25) is 0 Å². The Morgan fingerprint density at radius 2 is 1.86 bits per heavy atom. The fourth-order valence-electron chi connectivity index (χ4n) is 2.10. The van der Waals surface area contributed by atoms with Gasteiger partial charge in [0.2, 0.25) is 0 Å². The number of nitrogens with one attached hydrogen (secondary N) is 1. The van der Waals surface area contributed by atoms with Crippen molar-refractivity contribution in [3.63, 3.8) is 0 Å². The third kappa shape index (κ3) is 1.55. The summed E-state index contributed by atoms with van der Waals surface area (Å²) in [5.74, 6) is 0.309. The van der Waals surface area contributed by atoms with Crippen LogP contribution < -0.4 is 5.32 Å². The highest BCUT2D eigenvalue weighted by Crippen LogP contribution is 2.46. The third-order valence-electron chi connectivity index (χ3n) is 3.49.